The van der Waals surface area contributed by atoms with Crippen LogP contribution in [0.1, 0.15) is 39.0 Å². The molecule has 0 unspecified atom stereocenters. The monoisotopic (exact) mass is 531 g/mol. The first-order valence-electron chi connectivity index (χ1n) is 12.0. The fourth-order valence-corrected chi connectivity index (χ4v) is 3.86. The molecule has 0 spiro atoms. The number of nitrogens with one attached hydrogen (secondary N) is 1. The number of nitrogens with zero attached hydrogens (tertiary/aromatic N) is 7. The molecular weight excluding hydrogens is 506 g/mol. The van der Waals surface area contributed by atoms with Gasteiger partial charge in [-0.2, -0.15) is 9.78 Å². The van der Waals surface area contributed by atoms with Gasteiger partial charge in [-0.1, -0.05) is 23.4 Å². The van der Waals surface area contributed by atoms with Gasteiger partial charge in [-0.15, -0.1) is 5.10 Å². The smallest absolute Gasteiger partial charge is 0.343 e. The Labute approximate surface area is 222 Å². The molecule has 1 amide bonds. The molecule has 0 atom stereocenters. The van der Waals surface area contributed by atoms with E-state index in [9.17, 15) is 9.59 Å². The zero-order valence-electron chi connectivity index (χ0n) is 21.0. The van der Waals surface area contributed by atoms with Crippen LogP contribution in [0.2, 0.25) is 0 Å². The van der Waals surface area contributed by atoms with E-state index in [0.717, 1.165) is 0 Å². The summed E-state index contributed by atoms with van der Waals surface area (Å²) < 4.78 is 16.7. The predicted molar refractivity (Wildman–Crippen MR) is 137 cm³/mol. The molecule has 14 heteroatoms. The van der Waals surface area contributed by atoms with Gasteiger partial charge < -0.3 is 15.2 Å². The van der Waals surface area contributed by atoms with Gasteiger partial charge in [-0.25, -0.2) is 14.8 Å². The van der Waals surface area contributed by atoms with Gasteiger partial charge >= 0.3 is 5.97 Å². The van der Waals surface area contributed by atoms with Crippen molar-refractivity contribution in [3.05, 3.63) is 77.1 Å². The molecule has 0 aliphatic carbocycles. The van der Waals surface area contributed by atoms with Crippen LogP contribution in [-0.2, 0) is 11.3 Å². The average molecular weight is 532 g/mol. The second-order valence-electron chi connectivity index (χ2n) is 8.58. The van der Waals surface area contributed by atoms with Gasteiger partial charge in [-0.05, 0) is 59.2 Å². The third-order valence-corrected chi connectivity index (χ3v) is 5.95. The maximum Gasteiger partial charge on any atom is 0.343 e. The van der Waals surface area contributed by atoms with E-state index >= 15 is 0 Å². The van der Waals surface area contributed by atoms with Gasteiger partial charge in [0.25, 0.3) is 5.91 Å². The Balaban J connectivity index is 1.31. The molecule has 0 radical (unpaired) electrons. The number of ether oxygens (including phenoxy) is 2. The molecule has 3 N–H and O–H groups in total. The Morgan fingerprint density at radius 3 is 2.49 bits per heavy atom. The highest BCUT2D eigenvalue weighted by Gasteiger charge is 2.26. The Morgan fingerprint density at radius 2 is 1.79 bits per heavy atom. The van der Waals surface area contributed by atoms with Gasteiger partial charge in [0.05, 0.1) is 24.5 Å². The lowest BCUT2D eigenvalue weighted by Gasteiger charge is -2.25. The van der Waals surface area contributed by atoms with E-state index in [1.165, 1.54) is 4.68 Å². The second-order valence-corrected chi connectivity index (χ2v) is 8.58. The number of hydrazone groups is 1. The van der Waals surface area contributed by atoms with Crippen LogP contribution >= 0.6 is 0 Å². The number of esters is 1. The molecule has 2 aromatic carbocycles. The Morgan fingerprint density at radius 1 is 1.05 bits per heavy atom. The van der Waals surface area contributed by atoms with Crippen molar-refractivity contribution in [1.29, 1.82) is 0 Å². The number of carbonyl (C=O) groups is 2. The minimum atomic E-state index is -0.571. The molecule has 5 rings (SSSR count). The molecule has 39 heavy (non-hydrogen) atoms. The summed E-state index contributed by atoms with van der Waals surface area (Å²) in [6.07, 6.45) is 0. The molecule has 1 aliphatic heterocycles. The first-order valence-corrected chi connectivity index (χ1v) is 12.0. The Kier molecular flexibility index (Phi) is 7.65. The first-order chi connectivity index (χ1) is 19.0. The number of rotatable bonds is 8. The normalized spacial score (nSPS) is 14.2. The third-order valence-electron chi connectivity index (χ3n) is 5.95. The van der Waals surface area contributed by atoms with Crippen LogP contribution in [0.3, 0.4) is 0 Å². The minimum Gasteiger partial charge on any atom is -0.423 e. The third kappa shape index (κ3) is 5.97. The lowest BCUT2D eigenvalue weighted by atomic mass is 10.1. The molecule has 2 aromatic heterocycles. The lowest BCUT2D eigenvalue weighted by Crippen LogP contribution is -2.36. The van der Waals surface area contributed by atoms with Crippen molar-refractivity contribution in [2.75, 3.05) is 32.0 Å². The summed E-state index contributed by atoms with van der Waals surface area (Å²) in [5.41, 5.74) is 10.6. The largest absolute Gasteiger partial charge is 0.423 e. The summed E-state index contributed by atoms with van der Waals surface area (Å²) in [6.45, 7) is 4.65. The van der Waals surface area contributed by atoms with Crippen molar-refractivity contribution < 1.29 is 23.7 Å². The molecule has 200 valence electrons. The van der Waals surface area contributed by atoms with E-state index in [1.807, 2.05) is 6.07 Å². The van der Waals surface area contributed by atoms with Crippen molar-refractivity contribution in [2.24, 2.45) is 5.10 Å². The molecule has 3 heterocycles. The summed E-state index contributed by atoms with van der Waals surface area (Å²) in [5, 5.41) is 19.8. The van der Waals surface area contributed by atoms with Gasteiger partial charge in [0.1, 0.15) is 11.4 Å². The number of nitrogen functional groups attached to an aromatic ring is 1. The molecule has 0 bridgehead atoms. The average Bonchev–Trinajstić information content (AvgIpc) is 3.58. The minimum absolute atomic E-state index is 0.0420. The second kappa shape index (κ2) is 11.6. The SMILES string of the molecule is C/C(=N/NC(=O)c1c(CN2CCOCC2)nnn1-c1nonc1N)c1ccc(OC(=O)c2ccccc2)cc1. The summed E-state index contributed by atoms with van der Waals surface area (Å²) in [7, 11) is 0. The number of carbonyl (C=O) groups excluding carboxylic acids is 2. The molecular formula is C25H25N9O5. The molecule has 1 saturated heterocycles. The highest BCUT2D eigenvalue weighted by molar-refractivity contribution is 6.01. The topological polar surface area (TPSA) is 176 Å². The molecule has 4 aromatic rings. The fourth-order valence-electron chi connectivity index (χ4n) is 3.86. The molecule has 1 fully saturated rings. The highest BCUT2D eigenvalue weighted by atomic mass is 16.6. The maximum atomic E-state index is 13.3. The van der Waals surface area contributed by atoms with Crippen LogP contribution in [-0.4, -0.2) is 74.1 Å². The van der Waals surface area contributed by atoms with Crippen molar-refractivity contribution in [2.45, 2.75) is 13.5 Å². The van der Waals surface area contributed by atoms with Crippen LogP contribution < -0.4 is 15.9 Å². The summed E-state index contributed by atoms with van der Waals surface area (Å²) in [4.78, 5) is 27.7. The van der Waals surface area contributed by atoms with Gasteiger partial charge in [0, 0.05) is 19.6 Å². The zero-order chi connectivity index (χ0) is 27.2. The van der Waals surface area contributed by atoms with E-state index in [1.54, 1.807) is 55.5 Å². The van der Waals surface area contributed by atoms with Crippen LogP contribution in [0.5, 0.6) is 5.75 Å². The quantitative estimate of drug-likeness (QED) is 0.146. The summed E-state index contributed by atoms with van der Waals surface area (Å²) >= 11 is 0. The number of aromatic nitrogens is 5. The van der Waals surface area contributed by atoms with Crippen LogP contribution in [0, 0.1) is 0 Å². The number of morpholine rings is 1. The number of hydrogen-bond donors (Lipinski definition) is 2. The van der Waals surface area contributed by atoms with Crippen molar-refractivity contribution in [1.82, 2.24) is 35.6 Å². The van der Waals surface area contributed by atoms with Gasteiger partial charge in [-0.3, -0.25) is 9.69 Å². The van der Waals surface area contributed by atoms with Gasteiger partial charge in [0.2, 0.25) is 11.6 Å². The first kappa shape index (κ1) is 25.7. The fraction of sp³-hybridized carbons (Fsp3) is 0.240. The van der Waals surface area contributed by atoms with E-state index < -0.39 is 11.9 Å². The standard InChI is InChI=1S/C25H25N9O5/c1-16(17-7-9-19(10-8-17)38-25(36)18-5-3-2-4-6-18)27-29-24(35)21-20(15-33-11-13-37-14-12-33)28-32-34(21)23-22(26)30-39-31-23/h2-10H,11-15H2,1H3,(H2,26,30)(H,29,35)/b27-16-. The van der Waals surface area contributed by atoms with Crippen molar-refractivity contribution in [3.8, 4) is 11.6 Å². The predicted octanol–water partition coefficient (Wildman–Crippen LogP) is 1.44. The van der Waals surface area contributed by atoms with E-state index in [2.05, 4.69) is 40.7 Å². The van der Waals surface area contributed by atoms with Crippen molar-refractivity contribution >= 4 is 23.4 Å². The number of nitrogens with two attached hydrogens (primary N) is 1. The lowest BCUT2D eigenvalue weighted by molar-refractivity contribution is 0.0335. The number of anilines is 1. The van der Waals surface area contributed by atoms with Crippen LogP contribution in [0.15, 0.2) is 64.3 Å². The summed E-state index contributed by atoms with van der Waals surface area (Å²) in [5.74, 6) is -0.645. The molecule has 14 nitrogen and oxygen atoms in total. The van der Waals surface area contributed by atoms with Gasteiger partial charge in [0.15, 0.2) is 5.69 Å². The van der Waals surface area contributed by atoms with Crippen molar-refractivity contribution in [3.63, 3.8) is 0 Å². The van der Waals surface area contributed by atoms with Crippen LogP contribution in [0.25, 0.3) is 5.82 Å². The van der Waals surface area contributed by atoms with E-state index in [0.29, 0.717) is 61.1 Å². The Bertz CT molecular complexity index is 1480. The molecule has 0 saturated carbocycles. The number of hydrogen-bond acceptors (Lipinski definition) is 12. The Hall–Kier alpha value is -4.95. The number of amides is 1. The van der Waals surface area contributed by atoms with Crippen LogP contribution in [0.4, 0.5) is 5.82 Å². The van der Waals surface area contributed by atoms with E-state index in [4.69, 9.17) is 15.2 Å². The maximum absolute atomic E-state index is 13.3. The molecule has 1 aliphatic rings. The zero-order valence-corrected chi connectivity index (χ0v) is 21.0. The van der Waals surface area contributed by atoms with E-state index in [-0.39, 0.29) is 17.3 Å². The number of benzene rings is 2. The summed E-state index contributed by atoms with van der Waals surface area (Å²) in [6, 6.07) is 15.5. The highest BCUT2D eigenvalue weighted by Crippen LogP contribution is 2.18.